The van der Waals surface area contributed by atoms with Gasteiger partial charge in [0.2, 0.25) is 0 Å². The summed E-state index contributed by atoms with van der Waals surface area (Å²) in [5.74, 6) is 0.485. The Labute approximate surface area is 169 Å². The highest BCUT2D eigenvalue weighted by Crippen LogP contribution is 2.33. The van der Waals surface area contributed by atoms with Crippen LogP contribution in [0, 0.1) is 0 Å². The summed E-state index contributed by atoms with van der Waals surface area (Å²) >= 11 is 0. The Morgan fingerprint density at radius 2 is 1.67 bits per heavy atom. The molecular formula is C22H16F3N3O2. The monoisotopic (exact) mass is 411 g/mol. The normalized spacial score (nSPS) is 11.4. The first kappa shape index (κ1) is 19.5. The van der Waals surface area contributed by atoms with Crippen LogP contribution in [0.3, 0.4) is 0 Å². The molecule has 0 aliphatic rings. The number of carbonyl (C=O) groups excluding carboxylic acids is 1. The summed E-state index contributed by atoms with van der Waals surface area (Å²) in [4.78, 5) is 16.9. The zero-order valence-corrected chi connectivity index (χ0v) is 15.6. The van der Waals surface area contributed by atoms with Crippen LogP contribution < -0.4 is 10.1 Å². The average Bonchev–Trinajstić information content (AvgIpc) is 3.11. The van der Waals surface area contributed by atoms with Crippen molar-refractivity contribution >= 4 is 17.4 Å². The van der Waals surface area contributed by atoms with Gasteiger partial charge in [-0.15, -0.1) is 0 Å². The van der Waals surface area contributed by atoms with Gasteiger partial charge in [0, 0.05) is 11.8 Å². The molecule has 0 aliphatic heterocycles. The minimum Gasteiger partial charge on any atom is -0.484 e. The van der Waals surface area contributed by atoms with E-state index in [0.29, 0.717) is 28.5 Å². The Bertz CT molecular complexity index is 1170. The SMILES string of the molecule is O=C(COc1ccccc1)Nc1c(-c2ccc(C(F)(F)F)cc2)nc2ccccn12. The number of alkyl halides is 3. The molecule has 0 fully saturated rings. The molecule has 152 valence electrons. The third-order valence-corrected chi connectivity index (χ3v) is 4.39. The van der Waals surface area contributed by atoms with E-state index in [0.717, 1.165) is 12.1 Å². The summed E-state index contributed by atoms with van der Waals surface area (Å²) in [6.07, 6.45) is -2.72. The van der Waals surface area contributed by atoms with Crippen molar-refractivity contribution in [2.45, 2.75) is 6.18 Å². The van der Waals surface area contributed by atoms with E-state index in [4.69, 9.17) is 4.74 Å². The number of halogens is 3. The third kappa shape index (κ3) is 4.12. The van der Waals surface area contributed by atoms with Gasteiger partial charge in [-0.1, -0.05) is 36.4 Å². The van der Waals surface area contributed by atoms with Gasteiger partial charge >= 0.3 is 6.18 Å². The Hall–Kier alpha value is -3.81. The van der Waals surface area contributed by atoms with Crippen molar-refractivity contribution in [2.75, 3.05) is 11.9 Å². The Morgan fingerprint density at radius 3 is 2.37 bits per heavy atom. The van der Waals surface area contributed by atoms with Crippen molar-refractivity contribution in [1.29, 1.82) is 0 Å². The first-order chi connectivity index (χ1) is 14.4. The van der Waals surface area contributed by atoms with Crippen molar-refractivity contribution in [3.63, 3.8) is 0 Å². The quantitative estimate of drug-likeness (QED) is 0.501. The van der Waals surface area contributed by atoms with E-state index in [2.05, 4.69) is 10.3 Å². The first-order valence-electron chi connectivity index (χ1n) is 9.04. The second kappa shape index (κ2) is 7.90. The number of rotatable bonds is 5. The summed E-state index contributed by atoms with van der Waals surface area (Å²) in [6.45, 7) is -0.226. The fraction of sp³-hybridized carbons (Fsp3) is 0.0909. The summed E-state index contributed by atoms with van der Waals surface area (Å²) in [7, 11) is 0. The summed E-state index contributed by atoms with van der Waals surface area (Å²) < 4.78 is 45.7. The number of anilines is 1. The second-order valence-corrected chi connectivity index (χ2v) is 6.46. The predicted molar refractivity (Wildman–Crippen MR) is 106 cm³/mol. The highest BCUT2D eigenvalue weighted by atomic mass is 19.4. The van der Waals surface area contributed by atoms with Crippen LogP contribution in [0.2, 0.25) is 0 Å². The van der Waals surface area contributed by atoms with Crippen LogP contribution in [0.5, 0.6) is 5.75 Å². The molecule has 0 radical (unpaired) electrons. The standard InChI is InChI=1S/C22H16F3N3O2/c23-22(24,25)16-11-9-15(10-12-16)20-21(28-13-5-4-8-18(28)26-20)27-19(29)14-30-17-6-2-1-3-7-17/h1-13H,14H2,(H,27,29). The fourth-order valence-corrected chi connectivity index (χ4v) is 2.97. The van der Waals surface area contributed by atoms with Gasteiger partial charge in [0.1, 0.15) is 22.9 Å². The van der Waals surface area contributed by atoms with Gasteiger partial charge in [0.05, 0.1) is 5.56 Å². The molecule has 2 aromatic heterocycles. The van der Waals surface area contributed by atoms with Crippen molar-refractivity contribution in [1.82, 2.24) is 9.38 Å². The summed E-state index contributed by atoms with van der Waals surface area (Å²) in [5, 5.41) is 2.76. The number of ether oxygens (including phenoxy) is 1. The third-order valence-electron chi connectivity index (χ3n) is 4.39. The molecule has 4 aromatic rings. The lowest BCUT2D eigenvalue weighted by molar-refractivity contribution is -0.137. The smallest absolute Gasteiger partial charge is 0.416 e. The molecule has 0 bridgehead atoms. The molecule has 5 nitrogen and oxygen atoms in total. The lowest BCUT2D eigenvalue weighted by Crippen LogP contribution is -2.21. The van der Waals surface area contributed by atoms with Gasteiger partial charge in [-0.3, -0.25) is 9.20 Å². The zero-order valence-electron chi connectivity index (χ0n) is 15.6. The maximum absolute atomic E-state index is 12.9. The number of benzene rings is 2. The lowest BCUT2D eigenvalue weighted by atomic mass is 10.1. The van der Waals surface area contributed by atoms with E-state index in [1.807, 2.05) is 6.07 Å². The van der Waals surface area contributed by atoms with E-state index in [1.165, 1.54) is 12.1 Å². The maximum atomic E-state index is 12.9. The number of amides is 1. The van der Waals surface area contributed by atoms with Gasteiger partial charge in [0.25, 0.3) is 5.91 Å². The topological polar surface area (TPSA) is 55.6 Å². The number of nitrogens with one attached hydrogen (secondary N) is 1. The number of para-hydroxylation sites is 1. The van der Waals surface area contributed by atoms with Crippen LogP contribution in [-0.2, 0) is 11.0 Å². The van der Waals surface area contributed by atoms with Gasteiger partial charge in [0.15, 0.2) is 6.61 Å². The molecule has 0 atom stereocenters. The molecule has 2 aromatic carbocycles. The van der Waals surface area contributed by atoms with E-state index in [-0.39, 0.29) is 6.61 Å². The highest BCUT2D eigenvalue weighted by molar-refractivity contribution is 5.95. The minimum absolute atomic E-state index is 0.226. The minimum atomic E-state index is -4.43. The molecule has 30 heavy (non-hydrogen) atoms. The second-order valence-electron chi connectivity index (χ2n) is 6.46. The number of imidazole rings is 1. The zero-order chi connectivity index (χ0) is 21.1. The van der Waals surface area contributed by atoms with Gasteiger partial charge in [-0.2, -0.15) is 13.2 Å². The van der Waals surface area contributed by atoms with Crippen LogP contribution >= 0.6 is 0 Å². The number of carbonyl (C=O) groups is 1. The van der Waals surface area contributed by atoms with Crippen LogP contribution in [0.15, 0.2) is 79.0 Å². The van der Waals surface area contributed by atoms with Crippen molar-refractivity contribution in [3.8, 4) is 17.0 Å². The first-order valence-corrected chi connectivity index (χ1v) is 9.04. The summed E-state index contributed by atoms with van der Waals surface area (Å²) in [5.41, 5.74) is 0.609. The van der Waals surface area contributed by atoms with Crippen LogP contribution in [0.25, 0.3) is 16.9 Å². The molecule has 4 rings (SSSR count). The predicted octanol–water partition coefficient (Wildman–Crippen LogP) is 5.04. The molecule has 8 heteroatoms. The Balaban J connectivity index is 1.63. The van der Waals surface area contributed by atoms with Crippen LogP contribution in [0.4, 0.5) is 19.0 Å². The van der Waals surface area contributed by atoms with E-state index in [1.54, 1.807) is 53.1 Å². The maximum Gasteiger partial charge on any atom is 0.416 e. The Morgan fingerprint density at radius 1 is 0.967 bits per heavy atom. The lowest BCUT2D eigenvalue weighted by Gasteiger charge is -2.10. The molecule has 0 saturated carbocycles. The average molecular weight is 411 g/mol. The van der Waals surface area contributed by atoms with Crippen molar-refractivity contribution < 1.29 is 22.7 Å². The van der Waals surface area contributed by atoms with Crippen molar-refractivity contribution in [2.24, 2.45) is 0 Å². The molecule has 0 aliphatic carbocycles. The fourth-order valence-electron chi connectivity index (χ4n) is 2.97. The van der Waals surface area contributed by atoms with Gasteiger partial charge < -0.3 is 10.1 Å². The largest absolute Gasteiger partial charge is 0.484 e. The highest BCUT2D eigenvalue weighted by Gasteiger charge is 2.30. The van der Waals surface area contributed by atoms with E-state index >= 15 is 0 Å². The number of pyridine rings is 1. The van der Waals surface area contributed by atoms with E-state index < -0.39 is 17.6 Å². The summed E-state index contributed by atoms with van der Waals surface area (Å²) in [6, 6.07) is 18.8. The van der Waals surface area contributed by atoms with Crippen LogP contribution in [-0.4, -0.2) is 21.9 Å². The number of fused-ring (bicyclic) bond motifs is 1. The number of hydrogen-bond acceptors (Lipinski definition) is 3. The number of aromatic nitrogens is 2. The molecule has 0 unspecified atom stereocenters. The molecule has 2 heterocycles. The number of hydrogen-bond donors (Lipinski definition) is 1. The van der Waals surface area contributed by atoms with Gasteiger partial charge in [-0.25, -0.2) is 4.98 Å². The Kier molecular flexibility index (Phi) is 5.14. The van der Waals surface area contributed by atoms with E-state index in [9.17, 15) is 18.0 Å². The van der Waals surface area contributed by atoms with Crippen molar-refractivity contribution in [3.05, 3.63) is 84.6 Å². The van der Waals surface area contributed by atoms with Gasteiger partial charge in [-0.05, 0) is 36.4 Å². The molecule has 0 spiro atoms. The molecule has 0 saturated heterocycles. The van der Waals surface area contributed by atoms with Crippen LogP contribution in [0.1, 0.15) is 5.56 Å². The molecule has 1 amide bonds. The molecular weight excluding hydrogens is 395 g/mol. The molecule has 1 N–H and O–H groups in total. The number of nitrogens with zero attached hydrogens (tertiary/aromatic N) is 2.